The van der Waals surface area contributed by atoms with E-state index in [4.69, 9.17) is 10.2 Å². The Morgan fingerprint density at radius 3 is 1.31 bits per heavy atom. The molecule has 0 amide bonds. The number of Topliss-reactive ketones (excluding diaryl/α,β-unsaturated/α-hetero) is 1. The number of rotatable bonds is 4. The molecule has 88 valence electrons. The lowest BCUT2D eigenvalue weighted by Crippen LogP contribution is -2.25. The van der Waals surface area contributed by atoms with Crippen molar-refractivity contribution in [2.75, 3.05) is 13.2 Å². The number of hydrogen-bond acceptors (Lipinski definition) is 7. The van der Waals surface area contributed by atoms with Crippen molar-refractivity contribution in [2.24, 2.45) is 0 Å². The van der Waals surface area contributed by atoms with Gasteiger partial charge in [-0.25, -0.2) is 19.2 Å². The van der Waals surface area contributed by atoms with Crippen LogP contribution in [0.25, 0.3) is 0 Å². The highest BCUT2D eigenvalue weighted by molar-refractivity contribution is 6.29. The van der Waals surface area contributed by atoms with Gasteiger partial charge >= 0.3 is 23.9 Å². The van der Waals surface area contributed by atoms with Gasteiger partial charge in [-0.2, -0.15) is 0 Å². The molecule has 0 aliphatic carbocycles. The molecule has 0 unspecified atom stereocenters. The van der Waals surface area contributed by atoms with E-state index in [0.29, 0.717) is 0 Å². The molecule has 0 heterocycles. The van der Waals surface area contributed by atoms with Crippen molar-refractivity contribution in [1.82, 2.24) is 0 Å². The van der Waals surface area contributed by atoms with Crippen LogP contribution < -0.4 is 0 Å². The molecule has 0 bridgehead atoms. The molecular formula is C7H6O9. The predicted octanol–water partition coefficient (Wildman–Crippen LogP) is -2.19. The molecule has 0 spiro atoms. The minimum absolute atomic E-state index is 0.919. The summed E-state index contributed by atoms with van der Waals surface area (Å²) in [4.78, 5) is 51.2. The molecular weight excluding hydrogens is 228 g/mol. The van der Waals surface area contributed by atoms with Crippen LogP contribution in [0.2, 0.25) is 0 Å². The summed E-state index contributed by atoms with van der Waals surface area (Å²) in [7, 11) is 0. The molecule has 9 heteroatoms. The monoisotopic (exact) mass is 234 g/mol. The Labute approximate surface area is 87.6 Å². The molecule has 0 fully saturated rings. The molecule has 0 aliphatic rings. The summed E-state index contributed by atoms with van der Waals surface area (Å²) < 4.78 is 7.86. The largest absolute Gasteiger partial charge is 0.473 e. The predicted molar refractivity (Wildman–Crippen MR) is 42.2 cm³/mol. The number of aliphatic carboxylic acids is 2. The third kappa shape index (κ3) is 5.32. The molecule has 0 radical (unpaired) electrons. The van der Waals surface area contributed by atoms with Crippen LogP contribution in [0.4, 0.5) is 0 Å². The second-order valence-corrected chi connectivity index (χ2v) is 2.30. The molecule has 0 atom stereocenters. The highest BCUT2D eigenvalue weighted by Crippen LogP contribution is 1.85. The summed E-state index contributed by atoms with van der Waals surface area (Å²) in [6.45, 7) is -1.84. The maximum atomic E-state index is 10.8. The Hall–Kier alpha value is -2.45. The standard InChI is InChI=1S/C7H6O9/c8-3(1-15-6(13)4(9)10)2-16-7(14)5(11)12/h1-2H2,(H,9,10)(H,11,12). The number of hydrogen-bond donors (Lipinski definition) is 2. The van der Waals surface area contributed by atoms with Crippen molar-refractivity contribution in [3.05, 3.63) is 0 Å². The first-order valence-electron chi connectivity index (χ1n) is 3.66. The van der Waals surface area contributed by atoms with Crippen molar-refractivity contribution in [2.45, 2.75) is 0 Å². The molecule has 0 saturated carbocycles. The highest BCUT2D eigenvalue weighted by atomic mass is 16.6. The summed E-state index contributed by atoms with van der Waals surface area (Å²) in [5.74, 6) is -7.99. The molecule has 0 aliphatic heterocycles. The van der Waals surface area contributed by atoms with E-state index >= 15 is 0 Å². The molecule has 0 aromatic carbocycles. The molecule has 0 aromatic heterocycles. The fourth-order valence-electron chi connectivity index (χ4n) is 0.457. The zero-order valence-electron chi connectivity index (χ0n) is 7.67. The maximum absolute atomic E-state index is 10.8. The van der Waals surface area contributed by atoms with E-state index in [-0.39, 0.29) is 0 Å². The SMILES string of the molecule is O=C(COC(=O)C(=O)O)COC(=O)C(=O)O. The summed E-state index contributed by atoms with van der Waals surface area (Å²) in [5, 5.41) is 16.1. The molecule has 16 heavy (non-hydrogen) atoms. The summed E-state index contributed by atoms with van der Waals surface area (Å²) in [5.41, 5.74) is 0. The fourth-order valence-corrected chi connectivity index (χ4v) is 0.457. The van der Waals surface area contributed by atoms with Crippen LogP contribution in [0.15, 0.2) is 0 Å². The molecule has 2 N–H and O–H groups in total. The number of carboxylic acids is 2. The van der Waals surface area contributed by atoms with Crippen LogP contribution in [-0.2, 0) is 33.4 Å². The normalized spacial score (nSPS) is 9.00. The number of carbonyl (C=O) groups is 5. The van der Waals surface area contributed by atoms with Crippen molar-refractivity contribution >= 4 is 29.7 Å². The third-order valence-electron chi connectivity index (χ3n) is 1.08. The van der Waals surface area contributed by atoms with Crippen LogP contribution in [0.5, 0.6) is 0 Å². The Kier molecular flexibility index (Phi) is 5.18. The van der Waals surface area contributed by atoms with Gasteiger partial charge in [0.15, 0.2) is 13.2 Å². The smallest absolute Gasteiger partial charge is 0.417 e. The lowest BCUT2D eigenvalue weighted by Gasteiger charge is -2.01. The maximum Gasteiger partial charge on any atom is 0.417 e. The fraction of sp³-hybridized carbons (Fsp3) is 0.286. The van der Waals surface area contributed by atoms with E-state index in [9.17, 15) is 24.0 Å². The van der Waals surface area contributed by atoms with E-state index in [1.165, 1.54) is 0 Å². The van der Waals surface area contributed by atoms with E-state index in [1.807, 2.05) is 0 Å². The topological polar surface area (TPSA) is 144 Å². The quantitative estimate of drug-likeness (QED) is 0.409. The Morgan fingerprint density at radius 1 is 0.750 bits per heavy atom. The second kappa shape index (κ2) is 6.11. The molecule has 9 nitrogen and oxygen atoms in total. The third-order valence-corrected chi connectivity index (χ3v) is 1.08. The lowest BCUT2D eigenvalue weighted by molar-refractivity contribution is -0.167. The highest BCUT2D eigenvalue weighted by Gasteiger charge is 2.18. The molecule has 0 aromatic rings. The van der Waals surface area contributed by atoms with Gasteiger partial charge in [0, 0.05) is 0 Å². The van der Waals surface area contributed by atoms with Gasteiger partial charge in [0.25, 0.3) is 0 Å². The van der Waals surface area contributed by atoms with Gasteiger partial charge in [-0.1, -0.05) is 0 Å². The number of ketones is 1. The van der Waals surface area contributed by atoms with Crippen molar-refractivity contribution in [3.8, 4) is 0 Å². The van der Waals surface area contributed by atoms with Crippen LogP contribution in [0.3, 0.4) is 0 Å². The Balaban J connectivity index is 3.84. The summed E-state index contributed by atoms with van der Waals surface area (Å²) in [6, 6.07) is 0. The first-order chi connectivity index (χ1) is 7.34. The van der Waals surface area contributed by atoms with Gasteiger partial charge < -0.3 is 19.7 Å². The second-order valence-electron chi connectivity index (χ2n) is 2.30. The average Bonchev–Trinajstić information content (AvgIpc) is 2.21. The van der Waals surface area contributed by atoms with Gasteiger partial charge in [0.05, 0.1) is 0 Å². The van der Waals surface area contributed by atoms with Crippen molar-refractivity contribution < 1.29 is 43.7 Å². The summed E-state index contributed by atoms with van der Waals surface area (Å²) in [6.07, 6.45) is 0. The van der Waals surface area contributed by atoms with Gasteiger partial charge in [0.2, 0.25) is 5.78 Å². The molecule has 0 saturated heterocycles. The molecule has 0 rings (SSSR count). The van der Waals surface area contributed by atoms with E-state index in [2.05, 4.69) is 9.47 Å². The van der Waals surface area contributed by atoms with Crippen LogP contribution >= 0.6 is 0 Å². The Morgan fingerprint density at radius 2 is 1.06 bits per heavy atom. The minimum atomic E-state index is -1.88. The van der Waals surface area contributed by atoms with Crippen LogP contribution in [0.1, 0.15) is 0 Å². The number of carboxylic acid groups (broad SMARTS) is 2. The first-order valence-corrected chi connectivity index (χ1v) is 3.66. The van der Waals surface area contributed by atoms with E-state index in [1.54, 1.807) is 0 Å². The van der Waals surface area contributed by atoms with Gasteiger partial charge in [-0.15, -0.1) is 0 Å². The van der Waals surface area contributed by atoms with Crippen molar-refractivity contribution in [1.29, 1.82) is 0 Å². The van der Waals surface area contributed by atoms with Crippen molar-refractivity contribution in [3.63, 3.8) is 0 Å². The zero-order chi connectivity index (χ0) is 12.7. The first kappa shape index (κ1) is 13.6. The number of carbonyl (C=O) groups excluding carboxylic acids is 3. The zero-order valence-corrected chi connectivity index (χ0v) is 7.67. The minimum Gasteiger partial charge on any atom is -0.473 e. The van der Waals surface area contributed by atoms with Gasteiger partial charge in [0.1, 0.15) is 0 Å². The lowest BCUT2D eigenvalue weighted by atomic mass is 10.4. The van der Waals surface area contributed by atoms with Gasteiger partial charge in [-0.3, -0.25) is 4.79 Å². The van der Waals surface area contributed by atoms with Crippen LogP contribution in [0, 0.1) is 0 Å². The van der Waals surface area contributed by atoms with Crippen LogP contribution in [-0.4, -0.2) is 53.1 Å². The number of ether oxygens (including phenoxy) is 2. The van der Waals surface area contributed by atoms with E-state index in [0.717, 1.165) is 0 Å². The number of esters is 2. The van der Waals surface area contributed by atoms with Gasteiger partial charge in [-0.05, 0) is 0 Å². The van der Waals surface area contributed by atoms with E-state index < -0.39 is 42.9 Å². The Bertz CT molecular complexity index is 310. The average molecular weight is 234 g/mol. The summed E-state index contributed by atoms with van der Waals surface area (Å²) >= 11 is 0.